The van der Waals surface area contributed by atoms with Crippen LogP contribution in [0.5, 0.6) is 11.5 Å². The number of carbonyl (C=O) groups is 1. The molecule has 0 radical (unpaired) electrons. The fourth-order valence-electron chi connectivity index (χ4n) is 2.56. The van der Waals surface area contributed by atoms with E-state index in [0.29, 0.717) is 26.2 Å². The summed E-state index contributed by atoms with van der Waals surface area (Å²) in [5.41, 5.74) is 0.997. The van der Waals surface area contributed by atoms with Gasteiger partial charge >= 0.3 is 6.09 Å². The number of amides is 1. The standard InChI is InChI=1S/C17H18N2O3/c20-17(21)19-12-10-18(11-13-19)15-8-4-5-9-16(15)22-14-6-2-1-3-7-14/h1-9H,10-13H2,(H,20,21). The Morgan fingerprint density at radius 1 is 0.909 bits per heavy atom. The molecule has 0 spiro atoms. The SMILES string of the molecule is O=C(O)N1CCN(c2ccccc2Oc2ccccc2)CC1. The van der Waals surface area contributed by atoms with E-state index in [0.717, 1.165) is 17.2 Å². The molecule has 1 aliphatic rings. The zero-order valence-corrected chi connectivity index (χ0v) is 12.2. The second-order valence-corrected chi connectivity index (χ2v) is 5.14. The number of nitrogens with zero attached hydrogens (tertiary/aromatic N) is 2. The monoisotopic (exact) mass is 298 g/mol. The first-order valence-corrected chi connectivity index (χ1v) is 7.29. The Morgan fingerprint density at radius 2 is 1.55 bits per heavy atom. The predicted octanol–water partition coefficient (Wildman–Crippen LogP) is 3.28. The van der Waals surface area contributed by atoms with Crippen LogP contribution >= 0.6 is 0 Å². The summed E-state index contributed by atoms with van der Waals surface area (Å²) in [6.45, 7) is 2.35. The number of ether oxygens (including phenoxy) is 1. The highest BCUT2D eigenvalue weighted by atomic mass is 16.5. The van der Waals surface area contributed by atoms with Gasteiger partial charge in [-0.1, -0.05) is 30.3 Å². The van der Waals surface area contributed by atoms with Crippen molar-refractivity contribution in [1.29, 1.82) is 0 Å². The minimum atomic E-state index is -0.853. The van der Waals surface area contributed by atoms with Crippen LogP contribution in [0.2, 0.25) is 0 Å². The van der Waals surface area contributed by atoms with Gasteiger partial charge in [0.15, 0.2) is 5.75 Å². The summed E-state index contributed by atoms with van der Waals surface area (Å²) < 4.78 is 5.97. The Bertz CT molecular complexity index is 637. The molecule has 1 aliphatic heterocycles. The molecule has 2 aromatic rings. The van der Waals surface area contributed by atoms with Gasteiger partial charge in [0.05, 0.1) is 5.69 Å². The summed E-state index contributed by atoms with van der Waals surface area (Å²) in [5, 5.41) is 9.03. The van der Waals surface area contributed by atoms with E-state index in [1.54, 1.807) is 0 Å². The van der Waals surface area contributed by atoms with Gasteiger partial charge in [0.2, 0.25) is 0 Å². The molecule has 22 heavy (non-hydrogen) atoms. The van der Waals surface area contributed by atoms with Crippen molar-refractivity contribution in [2.45, 2.75) is 0 Å². The normalized spacial score (nSPS) is 14.7. The lowest BCUT2D eigenvalue weighted by atomic mass is 10.2. The average molecular weight is 298 g/mol. The number of rotatable bonds is 3. The Hall–Kier alpha value is -2.69. The summed E-state index contributed by atoms with van der Waals surface area (Å²) in [5.74, 6) is 1.58. The van der Waals surface area contributed by atoms with Crippen LogP contribution in [0.1, 0.15) is 0 Å². The number of hydrogen-bond acceptors (Lipinski definition) is 3. The molecule has 0 bridgehead atoms. The maximum atomic E-state index is 11.0. The van der Waals surface area contributed by atoms with Gasteiger partial charge in [0, 0.05) is 26.2 Å². The van der Waals surface area contributed by atoms with Crippen LogP contribution in [-0.2, 0) is 0 Å². The minimum absolute atomic E-state index is 0.509. The molecular formula is C17H18N2O3. The van der Waals surface area contributed by atoms with Gasteiger partial charge in [-0.3, -0.25) is 0 Å². The number of hydrogen-bond donors (Lipinski definition) is 1. The van der Waals surface area contributed by atoms with Crippen molar-refractivity contribution in [3.63, 3.8) is 0 Å². The summed E-state index contributed by atoms with van der Waals surface area (Å²) >= 11 is 0. The molecule has 2 aromatic carbocycles. The van der Waals surface area contributed by atoms with E-state index in [1.807, 2.05) is 54.6 Å². The molecule has 1 saturated heterocycles. The predicted molar refractivity (Wildman–Crippen MR) is 84.8 cm³/mol. The Balaban J connectivity index is 1.76. The van der Waals surface area contributed by atoms with Crippen molar-refractivity contribution in [1.82, 2.24) is 4.90 Å². The number of piperazine rings is 1. The van der Waals surface area contributed by atoms with Gasteiger partial charge < -0.3 is 19.6 Å². The average Bonchev–Trinajstić information content (AvgIpc) is 2.56. The molecule has 0 aromatic heterocycles. The van der Waals surface area contributed by atoms with E-state index in [4.69, 9.17) is 9.84 Å². The van der Waals surface area contributed by atoms with E-state index < -0.39 is 6.09 Å². The second kappa shape index (κ2) is 6.39. The third-order valence-electron chi connectivity index (χ3n) is 3.73. The molecule has 1 N–H and O–H groups in total. The molecule has 0 atom stereocenters. The summed E-state index contributed by atoms with van der Waals surface area (Å²) in [4.78, 5) is 14.6. The number of carboxylic acid groups (broad SMARTS) is 1. The van der Waals surface area contributed by atoms with Crippen LogP contribution in [0.15, 0.2) is 54.6 Å². The van der Waals surface area contributed by atoms with Gasteiger partial charge in [-0.15, -0.1) is 0 Å². The maximum absolute atomic E-state index is 11.0. The lowest BCUT2D eigenvalue weighted by Gasteiger charge is -2.35. The van der Waals surface area contributed by atoms with Crippen LogP contribution in [0, 0.1) is 0 Å². The van der Waals surface area contributed by atoms with Gasteiger partial charge in [-0.2, -0.15) is 0 Å². The number of anilines is 1. The third kappa shape index (κ3) is 3.14. The zero-order chi connectivity index (χ0) is 15.4. The molecule has 1 fully saturated rings. The summed E-state index contributed by atoms with van der Waals surface area (Å²) in [6.07, 6.45) is -0.853. The van der Waals surface area contributed by atoms with Crippen LogP contribution in [0.25, 0.3) is 0 Å². The first-order valence-electron chi connectivity index (χ1n) is 7.29. The largest absolute Gasteiger partial charge is 0.465 e. The second-order valence-electron chi connectivity index (χ2n) is 5.14. The molecule has 0 saturated carbocycles. The maximum Gasteiger partial charge on any atom is 0.407 e. The summed E-state index contributed by atoms with van der Waals surface area (Å²) in [7, 11) is 0. The van der Waals surface area contributed by atoms with Gasteiger partial charge in [-0.05, 0) is 24.3 Å². The van der Waals surface area contributed by atoms with E-state index >= 15 is 0 Å². The highest BCUT2D eigenvalue weighted by Crippen LogP contribution is 2.32. The highest BCUT2D eigenvalue weighted by Gasteiger charge is 2.22. The highest BCUT2D eigenvalue weighted by molar-refractivity contribution is 5.66. The van der Waals surface area contributed by atoms with E-state index in [2.05, 4.69) is 4.90 Å². The molecule has 0 aliphatic carbocycles. The Kier molecular flexibility index (Phi) is 4.14. The lowest BCUT2D eigenvalue weighted by molar-refractivity contribution is 0.142. The number of benzene rings is 2. The van der Waals surface area contributed by atoms with Gasteiger partial charge in [0.25, 0.3) is 0 Å². The molecule has 1 amide bonds. The van der Waals surface area contributed by atoms with Crippen LogP contribution in [0.4, 0.5) is 10.5 Å². The van der Waals surface area contributed by atoms with Gasteiger partial charge in [0.1, 0.15) is 5.75 Å². The van der Waals surface area contributed by atoms with Crippen molar-refractivity contribution >= 4 is 11.8 Å². The summed E-state index contributed by atoms with van der Waals surface area (Å²) in [6, 6.07) is 17.5. The topological polar surface area (TPSA) is 53.0 Å². The molecule has 0 unspecified atom stereocenters. The van der Waals surface area contributed by atoms with Crippen molar-refractivity contribution in [2.75, 3.05) is 31.1 Å². The van der Waals surface area contributed by atoms with Crippen molar-refractivity contribution in [3.05, 3.63) is 54.6 Å². The van der Waals surface area contributed by atoms with E-state index in [-0.39, 0.29) is 0 Å². The molecular weight excluding hydrogens is 280 g/mol. The molecule has 1 heterocycles. The van der Waals surface area contributed by atoms with Crippen LogP contribution in [0.3, 0.4) is 0 Å². The quantitative estimate of drug-likeness (QED) is 0.945. The third-order valence-corrected chi connectivity index (χ3v) is 3.73. The molecule has 3 rings (SSSR count). The minimum Gasteiger partial charge on any atom is -0.465 e. The molecule has 5 nitrogen and oxygen atoms in total. The van der Waals surface area contributed by atoms with Crippen molar-refractivity contribution < 1.29 is 14.6 Å². The zero-order valence-electron chi connectivity index (χ0n) is 12.2. The first-order chi connectivity index (χ1) is 10.7. The van der Waals surface area contributed by atoms with Crippen LogP contribution in [-0.4, -0.2) is 42.3 Å². The fourth-order valence-corrected chi connectivity index (χ4v) is 2.56. The molecule has 5 heteroatoms. The lowest BCUT2D eigenvalue weighted by Crippen LogP contribution is -2.48. The Morgan fingerprint density at radius 3 is 2.23 bits per heavy atom. The fraction of sp³-hybridized carbons (Fsp3) is 0.235. The number of para-hydroxylation sites is 3. The van der Waals surface area contributed by atoms with Crippen LogP contribution < -0.4 is 9.64 Å². The van der Waals surface area contributed by atoms with Crippen molar-refractivity contribution in [2.24, 2.45) is 0 Å². The van der Waals surface area contributed by atoms with E-state index in [9.17, 15) is 4.79 Å². The smallest absolute Gasteiger partial charge is 0.407 e. The van der Waals surface area contributed by atoms with Gasteiger partial charge in [-0.25, -0.2) is 4.79 Å². The van der Waals surface area contributed by atoms with E-state index in [1.165, 1.54) is 4.90 Å². The Labute approximate surface area is 129 Å². The first kappa shape index (κ1) is 14.3. The van der Waals surface area contributed by atoms with Crippen molar-refractivity contribution in [3.8, 4) is 11.5 Å². The molecule has 114 valence electrons.